The number of carbonyl (C=O) groups is 2. The van der Waals surface area contributed by atoms with Crippen LogP contribution in [0.4, 0.5) is 18.9 Å². The average Bonchev–Trinajstić information content (AvgIpc) is 2.29. The minimum Gasteiger partial charge on any atom is -0.480 e. The predicted octanol–water partition coefficient (Wildman–Crippen LogP) is 1.62. The Kier molecular flexibility index (Phi) is 5.32. The molecule has 0 aromatic heterocycles. The summed E-state index contributed by atoms with van der Waals surface area (Å²) in [7, 11) is 0. The SMILES string of the molecule is O=C(O)COCC(=O)Nc1ccccc1OC(F)(F)F. The molecule has 0 saturated heterocycles. The maximum atomic E-state index is 12.1. The Morgan fingerprint density at radius 1 is 1.20 bits per heavy atom. The van der Waals surface area contributed by atoms with E-state index in [0.29, 0.717) is 0 Å². The molecule has 0 fully saturated rings. The molecule has 1 amide bonds. The van der Waals surface area contributed by atoms with Crippen LogP contribution in [0.15, 0.2) is 24.3 Å². The second-order valence-electron chi connectivity index (χ2n) is 3.48. The molecule has 0 aliphatic heterocycles. The topological polar surface area (TPSA) is 84.9 Å². The Bertz CT molecular complexity index is 489. The summed E-state index contributed by atoms with van der Waals surface area (Å²) in [4.78, 5) is 21.5. The summed E-state index contributed by atoms with van der Waals surface area (Å²) in [6.07, 6.45) is -4.89. The minimum absolute atomic E-state index is 0.200. The van der Waals surface area contributed by atoms with E-state index in [0.717, 1.165) is 6.07 Å². The van der Waals surface area contributed by atoms with E-state index in [1.165, 1.54) is 18.2 Å². The Hall–Kier alpha value is -2.29. The highest BCUT2D eigenvalue weighted by Gasteiger charge is 2.32. The highest BCUT2D eigenvalue weighted by Crippen LogP contribution is 2.29. The number of benzene rings is 1. The molecule has 0 aliphatic carbocycles. The fourth-order valence-electron chi connectivity index (χ4n) is 1.20. The van der Waals surface area contributed by atoms with Crippen LogP contribution in [0.5, 0.6) is 5.75 Å². The van der Waals surface area contributed by atoms with Gasteiger partial charge in [0.15, 0.2) is 5.75 Å². The molecule has 0 saturated carbocycles. The van der Waals surface area contributed by atoms with Crippen molar-refractivity contribution in [1.82, 2.24) is 0 Å². The van der Waals surface area contributed by atoms with Gasteiger partial charge in [-0.05, 0) is 12.1 Å². The van der Waals surface area contributed by atoms with E-state index in [1.807, 2.05) is 0 Å². The molecule has 0 radical (unpaired) electrons. The number of para-hydroxylation sites is 2. The summed E-state index contributed by atoms with van der Waals surface area (Å²) < 4.78 is 44.6. The van der Waals surface area contributed by atoms with Crippen molar-refractivity contribution >= 4 is 17.6 Å². The van der Waals surface area contributed by atoms with E-state index in [9.17, 15) is 22.8 Å². The van der Waals surface area contributed by atoms with Gasteiger partial charge in [-0.2, -0.15) is 0 Å². The monoisotopic (exact) mass is 293 g/mol. The zero-order valence-corrected chi connectivity index (χ0v) is 9.94. The first-order valence-corrected chi connectivity index (χ1v) is 5.22. The number of alkyl halides is 3. The number of ether oxygens (including phenoxy) is 2. The van der Waals surface area contributed by atoms with Crippen LogP contribution in [0, 0.1) is 0 Å². The van der Waals surface area contributed by atoms with Crippen LogP contribution in [0.25, 0.3) is 0 Å². The Morgan fingerprint density at radius 3 is 2.45 bits per heavy atom. The third kappa shape index (κ3) is 6.05. The van der Waals surface area contributed by atoms with Crippen molar-refractivity contribution in [2.45, 2.75) is 6.36 Å². The second kappa shape index (κ2) is 6.75. The highest BCUT2D eigenvalue weighted by molar-refractivity contribution is 5.93. The third-order valence-corrected chi connectivity index (χ3v) is 1.85. The zero-order chi connectivity index (χ0) is 15.2. The number of carbonyl (C=O) groups excluding carboxylic acids is 1. The smallest absolute Gasteiger partial charge is 0.480 e. The number of carboxylic acid groups (broad SMARTS) is 1. The van der Waals surface area contributed by atoms with E-state index in [1.54, 1.807) is 0 Å². The summed E-state index contributed by atoms with van der Waals surface area (Å²) in [6, 6.07) is 4.94. The van der Waals surface area contributed by atoms with Crippen molar-refractivity contribution in [3.8, 4) is 5.75 Å². The van der Waals surface area contributed by atoms with Gasteiger partial charge < -0.3 is 19.9 Å². The fourth-order valence-corrected chi connectivity index (χ4v) is 1.20. The van der Waals surface area contributed by atoms with Crippen LogP contribution in [0.2, 0.25) is 0 Å². The first kappa shape index (κ1) is 15.8. The average molecular weight is 293 g/mol. The van der Waals surface area contributed by atoms with Gasteiger partial charge in [0.1, 0.15) is 13.2 Å². The molecule has 6 nitrogen and oxygen atoms in total. The molecule has 0 atom stereocenters. The molecule has 2 N–H and O–H groups in total. The molecule has 20 heavy (non-hydrogen) atoms. The van der Waals surface area contributed by atoms with Gasteiger partial charge in [-0.1, -0.05) is 12.1 Å². The van der Waals surface area contributed by atoms with Crippen molar-refractivity contribution in [1.29, 1.82) is 0 Å². The van der Waals surface area contributed by atoms with Gasteiger partial charge in [0, 0.05) is 0 Å². The van der Waals surface area contributed by atoms with Crippen molar-refractivity contribution in [3.05, 3.63) is 24.3 Å². The number of nitrogens with one attached hydrogen (secondary N) is 1. The lowest BCUT2D eigenvalue weighted by Gasteiger charge is -2.13. The van der Waals surface area contributed by atoms with Crippen molar-refractivity contribution in [3.63, 3.8) is 0 Å². The summed E-state index contributed by atoms with van der Waals surface area (Å²) in [5, 5.41) is 10.4. The zero-order valence-electron chi connectivity index (χ0n) is 9.94. The van der Waals surface area contributed by atoms with Crippen LogP contribution in [0.1, 0.15) is 0 Å². The molecule has 1 aromatic carbocycles. The van der Waals surface area contributed by atoms with Gasteiger partial charge in [-0.15, -0.1) is 13.2 Å². The Morgan fingerprint density at radius 2 is 1.85 bits per heavy atom. The quantitative estimate of drug-likeness (QED) is 0.832. The fraction of sp³-hybridized carbons (Fsp3) is 0.273. The van der Waals surface area contributed by atoms with Crippen LogP contribution in [-0.4, -0.2) is 36.6 Å². The van der Waals surface area contributed by atoms with Gasteiger partial charge >= 0.3 is 12.3 Å². The normalized spacial score (nSPS) is 10.9. The third-order valence-electron chi connectivity index (χ3n) is 1.85. The molecule has 0 aliphatic rings. The standard InChI is InChI=1S/C11H10F3NO5/c12-11(13,14)20-8-4-2-1-3-7(8)15-9(16)5-19-6-10(17)18/h1-4H,5-6H2,(H,15,16)(H,17,18). The summed E-state index contributed by atoms with van der Waals surface area (Å²) >= 11 is 0. The van der Waals surface area contributed by atoms with Crippen molar-refractivity contribution in [2.75, 3.05) is 18.5 Å². The van der Waals surface area contributed by atoms with E-state index >= 15 is 0 Å². The van der Waals surface area contributed by atoms with Gasteiger partial charge in [-0.3, -0.25) is 4.79 Å². The van der Waals surface area contributed by atoms with Gasteiger partial charge in [0.2, 0.25) is 5.91 Å². The van der Waals surface area contributed by atoms with Crippen LogP contribution in [-0.2, 0) is 14.3 Å². The Labute approximate surface area is 111 Å². The maximum absolute atomic E-state index is 12.1. The second-order valence-corrected chi connectivity index (χ2v) is 3.48. The number of amides is 1. The van der Waals surface area contributed by atoms with Gasteiger partial charge in [0.05, 0.1) is 5.69 Å². The number of anilines is 1. The number of rotatable bonds is 6. The number of hydrogen-bond acceptors (Lipinski definition) is 4. The lowest BCUT2D eigenvalue weighted by Crippen LogP contribution is -2.22. The first-order valence-electron chi connectivity index (χ1n) is 5.22. The number of hydrogen-bond donors (Lipinski definition) is 2. The molecular weight excluding hydrogens is 283 g/mol. The molecule has 0 spiro atoms. The molecule has 0 heterocycles. The molecular formula is C11H10F3NO5. The van der Waals surface area contributed by atoms with E-state index in [4.69, 9.17) is 5.11 Å². The van der Waals surface area contributed by atoms with Crippen LogP contribution >= 0.6 is 0 Å². The molecule has 1 rings (SSSR count). The summed E-state index contributed by atoms with van der Waals surface area (Å²) in [5.74, 6) is -2.64. The van der Waals surface area contributed by atoms with Gasteiger partial charge in [0.25, 0.3) is 0 Å². The van der Waals surface area contributed by atoms with Crippen molar-refractivity contribution < 1.29 is 37.3 Å². The molecule has 9 heteroatoms. The number of aliphatic carboxylic acids is 1. The van der Waals surface area contributed by atoms with Crippen LogP contribution in [0.3, 0.4) is 0 Å². The van der Waals surface area contributed by atoms with Gasteiger partial charge in [-0.25, -0.2) is 4.79 Å². The largest absolute Gasteiger partial charge is 0.573 e. The number of halogens is 3. The molecule has 0 unspecified atom stereocenters. The molecule has 1 aromatic rings. The van der Waals surface area contributed by atoms with E-state index in [-0.39, 0.29) is 5.69 Å². The minimum atomic E-state index is -4.89. The Balaban J connectivity index is 2.63. The van der Waals surface area contributed by atoms with Crippen LogP contribution < -0.4 is 10.1 Å². The molecule has 110 valence electrons. The maximum Gasteiger partial charge on any atom is 0.573 e. The lowest BCUT2D eigenvalue weighted by molar-refractivity contribution is -0.274. The van der Waals surface area contributed by atoms with Crippen molar-refractivity contribution in [2.24, 2.45) is 0 Å². The van der Waals surface area contributed by atoms with E-state index in [2.05, 4.69) is 14.8 Å². The highest BCUT2D eigenvalue weighted by atomic mass is 19.4. The van der Waals surface area contributed by atoms with E-state index < -0.39 is 37.2 Å². The lowest BCUT2D eigenvalue weighted by atomic mass is 10.3. The molecule has 0 bridgehead atoms. The predicted molar refractivity (Wildman–Crippen MR) is 60.2 cm³/mol. The first-order chi connectivity index (χ1) is 9.28. The number of carboxylic acids is 1. The summed E-state index contributed by atoms with van der Waals surface area (Å²) in [6.45, 7) is -1.29. The summed E-state index contributed by atoms with van der Waals surface area (Å²) in [5.41, 5.74) is -0.200.